The Morgan fingerprint density at radius 1 is 0.511 bits per heavy atom. The van der Waals surface area contributed by atoms with Crippen LogP contribution < -0.4 is 49.0 Å². The van der Waals surface area contributed by atoms with E-state index in [0.29, 0.717) is 0 Å². The van der Waals surface area contributed by atoms with Crippen LogP contribution in [0.3, 0.4) is 0 Å². The molecule has 0 N–H and O–H groups in total. The normalized spacial score (nSPS) is 12.2. The summed E-state index contributed by atoms with van der Waals surface area (Å²) in [5.74, 6) is 2.02. The third-order valence-electron chi connectivity index (χ3n) is 8.08. The minimum Gasteiger partial charge on any atom is -1.00 e. The Balaban J connectivity index is 0.000000965. The molecular formula is C42H36ClOP2Pd-. The van der Waals surface area contributed by atoms with Gasteiger partial charge < -0.3 is 17.1 Å². The molecule has 0 fully saturated rings. The molecule has 0 saturated heterocycles. The van der Waals surface area contributed by atoms with Gasteiger partial charge in [0, 0.05) is 47.6 Å². The molecule has 0 amide bonds. The van der Waals surface area contributed by atoms with Crippen molar-refractivity contribution in [2.45, 2.75) is 19.3 Å². The van der Waals surface area contributed by atoms with Gasteiger partial charge in [-0.05, 0) is 37.1 Å². The van der Waals surface area contributed by atoms with Gasteiger partial charge in [-0.25, -0.2) is 0 Å². The Bertz CT molecular complexity index is 1670. The SMILES string of the molecule is CC1(C)c2cccc(P(c3ccccc3)c3ccccc3)c2Oc2c(P(c3ccccc3)c3ccccc3)cccc21.[CH-]=C[CH2+].[Cl-].[Pd]. The number of halogens is 1. The van der Waals surface area contributed by atoms with Crippen LogP contribution in [0, 0.1) is 13.5 Å². The summed E-state index contributed by atoms with van der Waals surface area (Å²) in [6.07, 6.45) is 1.25. The summed E-state index contributed by atoms with van der Waals surface area (Å²) in [5.41, 5.74) is 2.26. The van der Waals surface area contributed by atoms with Gasteiger partial charge in [0.1, 0.15) is 11.5 Å². The quantitative estimate of drug-likeness (QED) is 0.125. The molecule has 0 aliphatic carbocycles. The van der Waals surface area contributed by atoms with Crippen molar-refractivity contribution in [1.29, 1.82) is 0 Å². The van der Waals surface area contributed by atoms with Crippen LogP contribution in [0.4, 0.5) is 0 Å². The van der Waals surface area contributed by atoms with E-state index in [1.807, 2.05) is 0 Å². The molecule has 0 aromatic heterocycles. The summed E-state index contributed by atoms with van der Waals surface area (Å²) >= 11 is 0. The van der Waals surface area contributed by atoms with E-state index in [9.17, 15) is 0 Å². The first kappa shape index (κ1) is 36.4. The molecule has 1 aliphatic rings. The van der Waals surface area contributed by atoms with Gasteiger partial charge in [-0.2, -0.15) is 0 Å². The Morgan fingerprint density at radius 2 is 0.787 bits per heavy atom. The maximum Gasteiger partial charge on any atom is 0.139 e. The molecule has 5 heteroatoms. The Hall–Kier alpha value is -3.46. The number of hydrogen-bond acceptors (Lipinski definition) is 1. The minimum absolute atomic E-state index is 0. The molecule has 0 spiro atoms. The summed E-state index contributed by atoms with van der Waals surface area (Å²) in [6.45, 7) is 12.4. The summed E-state index contributed by atoms with van der Waals surface area (Å²) in [5, 5.41) is 7.81. The van der Waals surface area contributed by atoms with Crippen LogP contribution in [0.1, 0.15) is 25.0 Å². The third kappa shape index (κ3) is 7.50. The average Bonchev–Trinajstić information content (AvgIpc) is 3.08. The first-order chi connectivity index (χ1) is 22.0. The van der Waals surface area contributed by atoms with Crippen molar-refractivity contribution >= 4 is 47.7 Å². The van der Waals surface area contributed by atoms with E-state index < -0.39 is 15.8 Å². The second-order valence-corrected chi connectivity index (χ2v) is 15.7. The monoisotopic (exact) mass is 759 g/mol. The van der Waals surface area contributed by atoms with E-state index in [1.165, 1.54) is 49.0 Å². The number of benzene rings is 6. The van der Waals surface area contributed by atoms with E-state index in [2.05, 4.69) is 185 Å². The molecule has 0 radical (unpaired) electrons. The molecule has 1 heterocycles. The fraction of sp³-hybridized carbons (Fsp3) is 0.0714. The zero-order chi connectivity index (χ0) is 31.2. The standard InChI is InChI=1S/C39H32OP2.C3H4.ClH.Pd/c1-39(2)33-25-15-27-35(41(29-17-7-3-8-18-29)30-19-9-4-10-20-30)37(33)40-38-34(39)26-16-28-36(38)42(31-21-11-5-12-22-31)32-23-13-6-14-24-32;1-3-2;;/h3-28H,1-2H3;1,3H,2H2;1H;/p-1. The topological polar surface area (TPSA) is 9.23 Å². The molecule has 238 valence electrons. The Labute approximate surface area is 302 Å². The molecule has 6 aromatic carbocycles. The van der Waals surface area contributed by atoms with E-state index in [0.717, 1.165) is 11.5 Å². The first-order valence-electron chi connectivity index (χ1n) is 15.1. The number of ether oxygens (including phenoxy) is 1. The van der Waals surface area contributed by atoms with Crippen molar-refractivity contribution in [3.05, 3.63) is 188 Å². The summed E-state index contributed by atoms with van der Waals surface area (Å²) in [6, 6.07) is 57.2. The fourth-order valence-electron chi connectivity index (χ4n) is 6.01. The molecule has 0 bridgehead atoms. The van der Waals surface area contributed by atoms with Crippen LogP contribution in [0.5, 0.6) is 11.5 Å². The van der Waals surface area contributed by atoms with Crippen molar-refractivity contribution in [1.82, 2.24) is 0 Å². The van der Waals surface area contributed by atoms with Gasteiger partial charge in [-0.3, -0.25) is 0 Å². The van der Waals surface area contributed by atoms with Crippen LogP contribution in [0.25, 0.3) is 0 Å². The van der Waals surface area contributed by atoms with E-state index in [1.54, 1.807) is 0 Å². The van der Waals surface area contributed by atoms with Crippen molar-refractivity contribution < 1.29 is 37.6 Å². The zero-order valence-electron chi connectivity index (χ0n) is 26.4. The number of allylic oxidation sites excluding steroid dienone is 1. The largest absolute Gasteiger partial charge is 1.00 e. The summed E-state index contributed by atoms with van der Waals surface area (Å²) in [7, 11) is -1.65. The van der Waals surface area contributed by atoms with Gasteiger partial charge in [0.05, 0.1) is 0 Å². The Morgan fingerprint density at radius 3 is 1.06 bits per heavy atom. The molecule has 1 aliphatic heterocycles. The summed E-state index contributed by atoms with van der Waals surface area (Å²) in [4.78, 5) is 0. The molecule has 0 atom stereocenters. The predicted molar refractivity (Wildman–Crippen MR) is 197 cm³/mol. The van der Waals surface area contributed by atoms with Gasteiger partial charge in [-0.15, -0.1) is 0 Å². The van der Waals surface area contributed by atoms with Crippen molar-refractivity contribution in [2.75, 3.05) is 0 Å². The maximum absolute atomic E-state index is 7.26. The van der Waals surface area contributed by atoms with Crippen molar-refractivity contribution in [3.63, 3.8) is 0 Å². The van der Waals surface area contributed by atoms with Gasteiger partial charge in [0.15, 0.2) is 0 Å². The zero-order valence-corrected chi connectivity index (χ0v) is 30.5. The van der Waals surface area contributed by atoms with Gasteiger partial charge in [-0.1, -0.05) is 191 Å². The smallest absolute Gasteiger partial charge is 0.139 e. The van der Waals surface area contributed by atoms with Crippen LogP contribution in [-0.2, 0) is 25.8 Å². The molecule has 7 rings (SSSR count). The number of para-hydroxylation sites is 2. The van der Waals surface area contributed by atoms with Crippen LogP contribution in [-0.4, -0.2) is 0 Å². The Kier molecular flexibility index (Phi) is 12.8. The number of fused-ring (bicyclic) bond motifs is 2. The predicted octanol–water partition coefficient (Wildman–Crippen LogP) is 5.45. The van der Waals surface area contributed by atoms with E-state index in [4.69, 9.17) is 4.74 Å². The fourth-order valence-corrected chi connectivity index (χ4v) is 10.8. The second kappa shape index (κ2) is 16.6. The van der Waals surface area contributed by atoms with Crippen LogP contribution >= 0.6 is 15.8 Å². The molecule has 1 nitrogen and oxygen atoms in total. The second-order valence-electron chi connectivity index (χ2n) is 11.3. The van der Waals surface area contributed by atoms with Gasteiger partial charge in [0.25, 0.3) is 0 Å². The van der Waals surface area contributed by atoms with Gasteiger partial charge in [0.2, 0.25) is 0 Å². The molecular weight excluding hydrogens is 724 g/mol. The van der Waals surface area contributed by atoms with Crippen molar-refractivity contribution in [2.24, 2.45) is 0 Å². The molecule has 0 unspecified atom stereocenters. The van der Waals surface area contributed by atoms with Crippen LogP contribution in [0.15, 0.2) is 164 Å². The molecule has 47 heavy (non-hydrogen) atoms. The third-order valence-corrected chi connectivity index (χ3v) is 13.0. The van der Waals surface area contributed by atoms with Crippen LogP contribution in [0.2, 0.25) is 0 Å². The molecule has 6 aromatic rings. The average molecular weight is 761 g/mol. The van der Waals surface area contributed by atoms with Gasteiger partial charge >= 0.3 is 0 Å². The van der Waals surface area contributed by atoms with Crippen molar-refractivity contribution in [3.8, 4) is 11.5 Å². The first-order valence-corrected chi connectivity index (χ1v) is 17.8. The van der Waals surface area contributed by atoms with E-state index >= 15 is 0 Å². The minimum atomic E-state index is -0.824. The van der Waals surface area contributed by atoms with E-state index in [-0.39, 0.29) is 38.2 Å². The number of rotatable bonds is 6. The number of hydrogen-bond donors (Lipinski definition) is 0. The molecule has 0 saturated carbocycles. The summed E-state index contributed by atoms with van der Waals surface area (Å²) < 4.78 is 7.26. The maximum atomic E-state index is 7.26.